The van der Waals surface area contributed by atoms with E-state index in [0.29, 0.717) is 57.8 Å². The number of hydrogen-bond acceptors (Lipinski definition) is 14. The second-order valence-corrected chi connectivity index (χ2v) is 10.9. The molecule has 266 valence electrons. The summed E-state index contributed by atoms with van der Waals surface area (Å²) in [5.74, 6) is -7.19. The van der Waals surface area contributed by atoms with E-state index in [1.54, 1.807) is 0 Å². The number of rotatable bonds is 28. The Morgan fingerprint density at radius 1 is 0.447 bits per heavy atom. The predicted octanol–water partition coefficient (Wildman–Crippen LogP) is 3.64. The summed E-state index contributed by atoms with van der Waals surface area (Å²) in [6.07, 6.45) is 3.64. The summed E-state index contributed by atoms with van der Waals surface area (Å²) in [5, 5.41) is 51.0. The third kappa shape index (κ3) is 21.0. The van der Waals surface area contributed by atoms with Gasteiger partial charge in [-0.1, -0.05) is 44.9 Å². The maximum absolute atomic E-state index is 12.2. The number of nitrogens with zero attached hydrogens (tertiary/aromatic N) is 3. The van der Waals surface area contributed by atoms with Gasteiger partial charge >= 0.3 is 53.9 Å². The molecule has 0 bridgehead atoms. The Kier molecular flexibility index (Phi) is 22.2. The molecule has 0 aromatic carbocycles. The van der Waals surface area contributed by atoms with Crippen LogP contribution in [0.25, 0.3) is 0 Å². The third-order valence-corrected chi connectivity index (χ3v) is 7.09. The van der Waals surface area contributed by atoms with Crippen LogP contribution in [0.4, 0.5) is 0 Å². The van der Waals surface area contributed by atoms with Crippen molar-refractivity contribution in [1.82, 2.24) is 0 Å². The SMILES string of the molecule is O=C(O)CCCCCCC(C(=O)OC(=O)CCCCCCCC(C(=O)OC(=O)C(CCCCCCC(=O)O)[N+](=O)[O-])[N+](=O)[O-])[N+](=O)[O-]. The quantitative estimate of drug-likeness (QED) is 0.0392. The van der Waals surface area contributed by atoms with Gasteiger partial charge in [0.05, 0.1) is 0 Å². The molecular weight excluding hydrogens is 634 g/mol. The fourth-order valence-electron chi connectivity index (χ4n) is 4.47. The summed E-state index contributed by atoms with van der Waals surface area (Å²) in [7, 11) is 0. The molecule has 0 aliphatic heterocycles. The number of aliphatic carboxylic acids is 2. The van der Waals surface area contributed by atoms with Crippen molar-refractivity contribution in [3.8, 4) is 0 Å². The Hall–Kier alpha value is -4.58. The zero-order valence-corrected chi connectivity index (χ0v) is 26.1. The van der Waals surface area contributed by atoms with E-state index in [2.05, 4.69) is 9.47 Å². The van der Waals surface area contributed by atoms with E-state index < -0.39 is 68.7 Å². The van der Waals surface area contributed by atoms with E-state index >= 15 is 0 Å². The summed E-state index contributed by atoms with van der Waals surface area (Å²) >= 11 is 0. The highest BCUT2D eigenvalue weighted by atomic mass is 16.7. The van der Waals surface area contributed by atoms with Crippen LogP contribution in [0.3, 0.4) is 0 Å². The maximum Gasteiger partial charge on any atom is 0.389 e. The lowest BCUT2D eigenvalue weighted by Gasteiger charge is -2.11. The zero-order valence-electron chi connectivity index (χ0n) is 26.1. The summed E-state index contributed by atoms with van der Waals surface area (Å²) in [6, 6.07) is -5.55. The Morgan fingerprint density at radius 3 is 1.04 bits per heavy atom. The minimum absolute atomic E-state index is 0.0256. The van der Waals surface area contributed by atoms with Gasteiger partial charge in [-0.3, -0.25) is 44.7 Å². The molecule has 0 radical (unpaired) electrons. The smallest absolute Gasteiger partial charge is 0.389 e. The van der Waals surface area contributed by atoms with Crippen molar-refractivity contribution in [2.45, 2.75) is 140 Å². The number of hydrogen-bond donors (Lipinski definition) is 2. The molecule has 0 aromatic heterocycles. The van der Waals surface area contributed by atoms with Gasteiger partial charge in [0.2, 0.25) is 0 Å². The number of nitro groups is 3. The molecule has 2 N–H and O–H groups in total. The minimum Gasteiger partial charge on any atom is -0.481 e. The van der Waals surface area contributed by atoms with Crippen LogP contribution in [-0.4, -0.2) is 78.9 Å². The molecule has 19 heteroatoms. The van der Waals surface area contributed by atoms with Crippen molar-refractivity contribution in [3.63, 3.8) is 0 Å². The molecule has 0 spiro atoms. The van der Waals surface area contributed by atoms with Gasteiger partial charge in [-0.05, 0) is 38.5 Å². The predicted molar refractivity (Wildman–Crippen MR) is 158 cm³/mol. The summed E-state index contributed by atoms with van der Waals surface area (Å²) in [4.78, 5) is 101. The van der Waals surface area contributed by atoms with Gasteiger partial charge in [0.1, 0.15) is 0 Å². The Balaban J connectivity index is 4.44. The first-order valence-electron chi connectivity index (χ1n) is 15.5. The third-order valence-electron chi connectivity index (χ3n) is 7.09. The van der Waals surface area contributed by atoms with Crippen LogP contribution in [0.1, 0.15) is 122 Å². The van der Waals surface area contributed by atoms with Crippen LogP contribution in [-0.2, 0) is 38.2 Å². The highest BCUT2D eigenvalue weighted by Crippen LogP contribution is 2.15. The molecule has 0 heterocycles. The highest BCUT2D eigenvalue weighted by molar-refractivity contribution is 5.89. The molecule has 0 amide bonds. The van der Waals surface area contributed by atoms with Crippen LogP contribution in [0.15, 0.2) is 0 Å². The van der Waals surface area contributed by atoms with Crippen LogP contribution >= 0.6 is 0 Å². The molecule has 0 rings (SSSR count). The van der Waals surface area contributed by atoms with Gasteiger partial charge < -0.3 is 19.7 Å². The summed E-state index contributed by atoms with van der Waals surface area (Å²) in [5.41, 5.74) is 0. The van der Waals surface area contributed by atoms with Gasteiger partial charge in [0, 0.05) is 53.3 Å². The lowest BCUT2D eigenvalue weighted by molar-refractivity contribution is -0.515. The van der Waals surface area contributed by atoms with Crippen LogP contribution in [0.5, 0.6) is 0 Å². The van der Waals surface area contributed by atoms with Gasteiger partial charge in [-0.2, -0.15) is 0 Å². The molecule has 0 fully saturated rings. The van der Waals surface area contributed by atoms with Crippen LogP contribution < -0.4 is 0 Å². The molecule has 3 unspecified atom stereocenters. The largest absolute Gasteiger partial charge is 0.481 e. The number of carboxylic acids is 2. The average molecular weight is 678 g/mol. The van der Waals surface area contributed by atoms with E-state index in [9.17, 15) is 59.1 Å². The van der Waals surface area contributed by atoms with Crippen molar-refractivity contribution in [2.24, 2.45) is 0 Å². The van der Waals surface area contributed by atoms with E-state index in [-0.39, 0.29) is 64.2 Å². The van der Waals surface area contributed by atoms with Crippen molar-refractivity contribution in [1.29, 1.82) is 0 Å². The first-order valence-corrected chi connectivity index (χ1v) is 15.5. The zero-order chi connectivity index (χ0) is 35.8. The minimum atomic E-state index is -1.93. The molecule has 0 saturated carbocycles. The van der Waals surface area contributed by atoms with E-state index in [4.69, 9.17) is 10.2 Å². The first-order chi connectivity index (χ1) is 22.2. The molecule has 47 heavy (non-hydrogen) atoms. The molecule has 0 aliphatic rings. The number of carboxylic acid groups (broad SMARTS) is 2. The van der Waals surface area contributed by atoms with Gasteiger partial charge in [-0.15, -0.1) is 0 Å². The fraction of sp³-hybridized carbons (Fsp3) is 0.786. The van der Waals surface area contributed by atoms with Gasteiger partial charge in [0.25, 0.3) is 0 Å². The lowest BCUT2D eigenvalue weighted by atomic mass is 10.1. The second kappa shape index (κ2) is 24.6. The van der Waals surface area contributed by atoms with E-state index in [0.717, 1.165) is 0 Å². The first kappa shape index (κ1) is 42.4. The molecule has 0 aromatic rings. The second-order valence-electron chi connectivity index (χ2n) is 10.9. The molecule has 0 saturated heterocycles. The summed E-state index contributed by atoms with van der Waals surface area (Å²) in [6.45, 7) is 0. The lowest BCUT2D eigenvalue weighted by Crippen LogP contribution is -2.38. The average Bonchev–Trinajstić information content (AvgIpc) is 2.96. The Labute approximate surface area is 269 Å². The summed E-state index contributed by atoms with van der Waals surface area (Å²) < 4.78 is 9.05. The number of carbonyl (C=O) groups excluding carboxylic acids is 4. The van der Waals surface area contributed by atoms with Crippen molar-refractivity contribution in [3.05, 3.63) is 30.3 Å². The van der Waals surface area contributed by atoms with E-state index in [1.165, 1.54) is 0 Å². The topological polar surface area (TPSA) is 291 Å². The van der Waals surface area contributed by atoms with E-state index in [1.807, 2.05) is 0 Å². The van der Waals surface area contributed by atoms with Gasteiger partial charge in [-0.25, -0.2) is 14.4 Å². The molecule has 3 atom stereocenters. The standard InChI is InChI=1S/C28H43N3O16/c32-23(33)17-11-6-4-9-14-20(29(40)41)26(37)46-25(36)19-13-3-1-2-8-15-21(30(42)43)27(38)47-28(39)22(31(44)45)16-10-5-7-12-18-24(34)35/h20-22H,1-19H2,(H,32,33)(H,34,35). The number of unbranched alkanes of at least 4 members (excludes halogenated alkanes) is 10. The van der Waals surface area contributed by atoms with Gasteiger partial charge in [0.15, 0.2) is 0 Å². The van der Waals surface area contributed by atoms with Crippen LogP contribution in [0.2, 0.25) is 0 Å². The number of carbonyl (C=O) groups is 6. The van der Waals surface area contributed by atoms with Crippen molar-refractivity contribution < 1.29 is 63.2 Å². The fourth-order valence-corrected chi connectivity index (χ4v) is 4.47. The van der Waals surface area contributed by atoms with Crippen molar-refractivity contribution in [2.75, 3.05) is 0 Å². The normalized spacial score (nSPS) is 12.7. The Bertz CT molecular complexity index is 1100. The Morgan fingerprint density at radius 2 is 0.723 bits per heavy atom. The highest BCUT2D eigenvalue weighted by Gasteiger charge is 2.38. The number of esters is 4. The maximum atomic E-state index is 12.2. The van der Waals surface area contributed by atoms with Crippen LogP contribution in [0, 0.1) is 30.3 Å². The monoisotopic (exact) mass is 677 g/mol. The molecular formula is C28H43N3O16. The molecule has 0 aliphatic carbocycles. The molecule has 19 nitrogen and oxygen atoms in total. The van der Waals surface area contributed by atoms with Crippen molar-refractivity contribution >= 4 is 35.8 Å². The number of ether oxygens (including phenoxy) is 2.